The van der Waals surface area contributed by atoms with E-state index in [1.54, 1.807) is 0 Å². The normalized spacial score (nSPS) is 34.4. The number of rotatable bonds is 3. The van der Waals surface area contributed by atoms with Crippen LogP contribution in [0, 0.1) is 0 Å². The van der Waals surface area contributed by atoms with Crippen molar-refractivity contribution < 1.29 is 20.1 Å². The predicted molar refractivity (Wildman–Crippen MR) is 65.1 cm³/mol. The molecule has 1 aliphatic rings. The van der Waals surface area contributed by atoms with E-state index in [2.05, 4.69) is 11.6 Å². The highest BCUT2D eigenvalue weighted by Crippen LogP contribution is 2.38. The molecule has 0 aromatic carbocycles. The molecule has 0 amide bonds. The monoisotopic (exact) mass is 269 g/mol. The molecule has 0 bridgehead atoms. The average molecular weight is 269 g/mol. The minimum Gasteiger partial charge on any atom is -0.394 e. The van der Waals surface area contributed by atoms with Gasteiger partial charge in [-0.05, 0) is 6.07 Å². The zero-order valence-corrected chi connectivity index (χ0v) is 10.0. The molecule has 2 rings (SSSR count). The number of aliphatic hydroxyl groups excluding tert-OH is 2. The summed E-state index contributed by atoms with van der Waals surface area (Å²) < 4.78 is 6.28. The van der Waals surface area contributed by atoms with Crippen LogP contribution >= 0.6 is 0 Å². The Hall–Kier alpha value is -1.74. The summed E-state index contributed by atoms with van der Waals surface area (Å²) in [6.45, 7) is 2.92. The third-order valence-corrected chi connectivity index (χ3v) is 3.14. The molecule has 2 heterocycles. The molecule has 8 heteroatoms. The third kappa shape index (κ3) is 2.04. The van der Waals surface area contributed by atoms with E-state index in [0.717, 1.165) is 10.6 Å². The van der Waals surface area contributed by atoms with Crippen LogP contribution in [0.2, 0.25) is 0 Å². The van der Waals surface area contributed by atoms with Crippen molar-refractivity contribution in [2.24, 2.45) is 0 Å². The number of nitrogens with two attached hydrogens (primary N) is 1. The lowest BCUT2D eigenvalue weighted by Gasteiger charge is -2.28. The molecule has 1 fully saturated rings. The van der Waals surface area contributed by atoms with Gasteiger partial charge in [-0.3, -0.25) is 4.57 Å². The lowest BCUT2D eigenvalue weighted by molar-refractivity contribution is -0.0812. The van der Waals surface area contributed by atoms with Crippen molar-refractivity contribution in [2.75, 3.05) is 12.3 Å². The molecule has 5 N–H and O–H groups in total. The van der Waals surface area contributed by atoms with Crippen molar-refractivity contribution in [1.82, 2.24) is 9.55 Å². The fraction of sp³-hybridized carbons (Fsp3) is 0.455. The van der Waals surface area contributed by atoms with Gasteiger partial charge in [0, 0.05) is 6.20 Å². The maximum absolute atomic E-state index is 11.7. The van der Waals surface area contributed by atoms with Crippen LogP contribution in [0.15, 0.2) is 29.7 Å². The standard InChI is InChI=1S/C11H15N3O5/c1-2-11(18)8(16)6(5-15)19-9(11)14-4-3-7(12)13-10(14)17/h2-4,6,8-9,15-16,18H,1,5H2,(H2,12,13,17)/t6-,8?,9-,11?/m1/s1. The van der Waals surface area contributed by atoms with Gasteiger partial charge in [0.15, 0.2) is 11.8 Å². The molecule has 1 aliphatic heterocycles. The molecule has 0 saturated carbocycles. The summed E-state index contributed by atoms with van der Waals surface area (Å²) in [7, 11) is 0. The fourth-order valence-electron chi connectivity index (χ4n) is 2.05. The first-order valence-corrected chi connectivity index (χ1v) is 5.59. The first-order chi connectivity index (χ1) is 8.93. The van der Waals surface area contributed by atoms with Gasteiger partial charge in [0.1, 0.15) is 18.0 Å². The lowest BCUT2D eigenvalue weighted by atomic mass is 9.94. The fourth-order valence-corrected chi connectivity index (χ4v) is 2.05. The SMILES string of the molecule is C=CC1(O)C(O)[C@@H](CO)O[C@H]1n1ccc(N)nc1=O. The number of aliphatic hydroxyl groups is 3. The van der Waals surface area contributed by atoms with Gasteiger partial charge in [-0.25, -0.2) is 4.79 Å². The predicted octanol–water partition coefficient (Wildman–Crippen LogP) is -2.01. The molecule has 104 valence electrons. The summed E-state index contributed by atoms with van der Waals surface area (Å²) in [5.74, 6) is 0.0284. The van der Waals surface area contributed by atoms with Gasteiger partial charge < -0.3 is 25.8 Å². The Balaban J connectivity index is 2.48. The van der Waals surface area contributed by atoms with E-state index in [-0.39, 0.29) is 5.82 Å². The second kappa shape index (κ2) is 4.74. The quantitative estimate of drug-likeness (QED) is 0.466. The topological polar surface area (TPSA) is 131 Å². The van der Waals surface area contributed by atoms with E-state index in [1.807, 2.05) is 0 Å². The van der Waals surface area contributed by atoms with Crippen LogP contribution < -0.4 is 11.4 Å². The van der Waals surface area contributed by atoms with Crippen LogP contribution in [0.1, 0.15) is 6.23 Å². The van der Waals surface area contributed by atoms with Gasteiger partial charge in [-0.2, -0.15) is 4.98 Å². The van der Waals surface area contributed by atoms with E-state index in [4.69, 9.17) is 15.6 Å². The van der Waals surface area contributed by atoms with Crippen LogP contribution in [0.3, 0.4) is 0 Å². The molecule has 2 unspecified atom stereocenters. The molecule has 0 spiro atoms. The Bertz CT molecular complexity index is 545. The molecule has 1 aromatic rings. The van der Waals surface area contributed by atoms with E-state index in [9.17, 15) is 15.0 Å². The van der Waals surface area contributed by atoms with Crippen molar-refractivity contribution in [3.63, 3.8) is 0 Å². The lowest BCUT2D eigenvalue weighted by Crippen LogP contribution is -2.47. The van der Waals surface area contributed by atoms with Gasteiger partial charge in [0.2, 0.25) is 0 Å². The molecule has 8 nitrogen and oxygen atoms in total. The van der Waals surface area contributed by atoms with E-state index < -0.39 is 36.3 Å². The summed E-state index contributed by atoms with van der Waals surface area (Å²) in [5.41, 5.74) is 2.72. The second-order valence-corrected chi connectivity index (χ2v) is 4.29. The molecule has 1 saturated heterocycles. The van der Waals surface area contributed by atoms with Gasteiger partial charge in [-0.15, -0.1) is 0 Å². The smallest absolute Gasteiger partial charge is 0.351 e. The number of aromatic nitrogens is 2. The zero-order chi connectivity index (χ0) is 14.2. The molecule has 0 aliphatic carbocycles. The maximum atomic E-state index is 11.7. The largest absolute Gasteiger partial charge is 0.394 e. The number of ether oxygens (including phenoxy) is 1. The first kappa shape index (κ1) is 13.7. The van der Waals surface area contributed by atoms with Gasteiger partial charge >= 0.3 is 5.69 Å². The van der Waals surface area contributed by atoms with Crippen molar-refractivity contribution in [2.45, 2.75) is 24.0 Å². The summed E-state index contributed by atoms with van der Waals surface area (Å²) in [6.07, 6.45) is -1.32. The Morgan fingerprint density at radius 2 is 2.37 bits per heavy atom. The Morgan fingerprint density at radius 3 is 2.89 bits per heavy atom. The summed E-state index contributed by atoms with van der Waals surface area (Å²) in [5, 5.41) is 29.4. The minimum atomic E-state index is -1.91. The van der Waals surface area contributed by atoms with Crippen molar-refractivity contribution in [3.8, 4) is 0 Å². The molecule has 0 radical (unpaired) electrons. The number of hydrogen-bond donors (Lipinski definition) is 4. The van der Waals surface area contributed by atoms with Crippen LogP contribution in [-0.2, 0) is 4.74 Å². The third-order valence-electron chi connectivity index (χ3n) is 3.14. The van der Waals surface area contributed by atoms with Crippen LogP contribution in [0.25, 0.3) is 0 Å². The average Bonchev–Trinajstić information content (AvgIpc) is 2.63. The van der Waals surface area contributed by atoms with E-state index in [1.165, 1.54) is 12.3 Å². The highest BCUT2D eigenvalue weighted by molar-refractivity contribution is 5.24. The van der Waals surface area contributed by atoms with Crippen molar-refractivity contribution in [3.05, 3.63) is 35.4 Å². The minimum absolute atomic E-state index is 0.0284. The van der Waals surface area contributed by atoms with Crippen LogP contribution in [0.4, 0.5) is 5.82 Å². The zero-order valence-electron chi connectivity index (χ0n) is 10.0. The summed E-state index contributed by atoms with van der Waals surface area (Å²) in [6, 6.07) is 1.35. The summed E-state index contributed by atoms with van der Waals surface area (Å²) in [4.78, 5) is 15.2. The number of anilines is 1. The molecule has 1 aromatic heterocycles. The number of nitrogen functional groups attached to an aromatic ring is 1. The number of nitrogens with zero attached hydrogens (tertiary/aromatic N) is 2. The Labute approximate surface area is 108 Å². The maximum Gasteiger partial charge on any atom is 0.351 e. The summed E-state index contributed by atoms with van der Waals surface area (Å²) >= 11 is 0. The van der Waals surface area contributed by atoms with Crippen molar-refractivity contribution >= 4 is 5.82 Å². The molecular weight excluding hydrogens is 254 g/mol. The van der Waals surface area contributed by atoms with Crippen LogP contribution in [0.5, 0.6) is 0 Å². The molecular formula is C11H15N3O5. The second-order valence-electron chi connectivity index (χ2n) is 4.29. The van der Waals surface area contributed by atoms with Gasteiger partial charge in [-0.1, -0.05) is 12.7 Å². The Morgan fingerprint density at radius 1 is 1.68 bits per heavy atom. The highest BCUT2D eigenvalue weighted by atomic mass is 16.6. The van der Waals surface area contributed by atoms with Crippen molar-refractivity contribution in [1.29, 1.82) is 0 Å². The number of hydrogen-bond acceptors (Lipinski definition) is 7. The van der Waals surface area contributed by atoms with Crippen LogP contribution in [-0.4, -0.2) is 49.3 Å². The highest BCUT2D eigenvalue weighted by Gasteiger charge is 2.54. The van der Waals surface area contributed by atoms with E-state index in [0.29, 0.717) is 0 Å². The molecule has 4 atom stereocenters. The van der Waals surface area contributed by atoms with Gasteiger partial charge in [0.25, 0.3) is 0 Å². The first-order valence-electron chi connectivity index (χ1n) is 5.59. The Kier molecular flexibility index (Phi) is 3.42. The molecule has 19 heavy (non-hydrogen) atoms. The van der Waals surface area contributed by atoms with E-state index >= 15 is 0 Å². The van der Waals surface area contributed by atoms with Gasteiger partial charge in [0.05, 0.1) is 6.61 Å².